The normalized spacial score (nSPS) is 13.4. The lowest BCUT2D eigenvalue weighted by molar-refractivity contribution is -0.126. The Kier molecular flexibility index (Phi) is 8.94. The minimum atomic E-state index is 0.0485. The number of fused-ring (bicyclic) bond motifs is 3. The molecule has 1 aromatic carbocycles. The van der Waals surface area contributed by atoms with Gasteiger partial charge in [-0.05, 0) is 62.7 Å². The molecule has 0 unspecified atom stereocenters. The molecule has 10 heteroatoms. The fourth-order valence-electron chi connectivity index (χ4n) is 4.78. The summed E-state index contributed by atoms with van der Waals surface area (Å²) in [7, 11) is 0. The SMILES string of the molecule is CCN(CC=CC(=O)N1CCc2c(sc3ncnc(Nc4ccc(OCc5ccccn5)c(Cl)c4)c23)C1)C(C)C. The van der Waals surface area contributed by atoms with Gasteiger partial charge in [0.05, 0.1) is 22.6 Å². The number of thiophene rings is 1. The third-order valence-electron chi connectivity index (χ3n) is 6.98. The maximum Gasteiger partial charge on any atom is 0.246 e. The summed E-state index contributed by atoms with van der Waals surface area (Å²) in [5.41, 5.74) is 2.84. The maximum atomic E-state index is 12.9. The van der Waals surface area contributed by atoms with Crippen LogP contribution in [-0.2, 0) is 24.4 Å². The number of nitrogens with zero attached hydrogens (tertiary/aromatic N) is 5. The number of pyridine rings is 1. The van der Waals surface area contributed by atoms with Crippen LogP contribution in [0.4, 0.5) is 11.5 Å². The molecule has 1 amide bonds. The number of halogens is 1. The Morgan fingerprint density at radius 3 is 2.88 bits per heavy atom. The van der Waals surface area contributed by atoms with Crippen LogP contribution in [0.15, 0.2) is 61.1 Å². The van der Waals surface area contributed by atoms with Crippen LogP contribution in [0.1, 0.15) is 36.9 Å². The maximum absolute atomic E-state index is 12.9. The number of nitrogens with one attached hydrogen (secondary N) is 1. The molecule has 1 aliphatic heterocycles. The molecular weight excluding hydrogens is 544 g/mol. The van der Waals surface area contributed by atoms with E-state index < -0.39 is 0 Å². The molecule has 40 heavy (non-hydrogen) atoms. The average Bonchev–Trinajstić information content (AvgIpc) is 3.34. The molecule has 0 spiro atoms. The third-order valence-corrected chi connectivity index (χ3v) is 8.40. The van der Waals surface area contributed by atoms with Crippen molar-refractivity contribution in [2.75, 3.05) is 25.0 Å². The lowest BCUT2D eigenvalue weighted by Gasteiger charge is -2.26. The second kappa shape index (κ2) is 12.8. The molecule has 0 bridgehead atoms. The van der Waals surface area contributed by atoms with Gasteiger partial charge in [-0.25, -0.2) is 9.97 Å². The molecule has 0 aliphatic carbocycles. The van der Waals surface area contributed by atoms with Crippen molar-refractivity contribution in [1.82, 2.24) is 24.8 Å². The van der Waals surface area contributed by atoms with Crippen molar-refractivity contribution in [2.24, 2.45) is 0 Å². The molecule has 208 valence electrons. The van der Waals surface area contributed by atoms with Gasteiger partial charge in [0.15, 0.2) is 0 Å². The van der Waals surface area contributed by atoms with Crippen molar-refractivity contribution >= 4 is 50.6 Å². The van der Waals surface area contributed by atoms with Crippen LogP contribution in [0.3, 0.4) is 0 Å². The van der Waals surface area contributed by atoms with E-state index in [-0.39, 0.29) is 5.91 Å². The summed E-state index contributed by atoms with van der Waals surface area (Å²) < 4.78 is 5.86. The molecule has 0 atom stereocenters. The molecule has 0 saturated heterocycles. The molecular formula is C30H33ClN6O2S. The van der Waals surface area contributed by atoms with Crippen LogP contribution in [0.2, 0.25) is 5.02 Å². The zero-order valence-electron chi connectivity index (χ0n) is 22.9. The number of rotatable bonds is 10. The summed E-state index contributed by atoms with van der Waals surface area (Å²) in [6.45, 7) is 9.78. The number of hydrogen-bond donors (Lipinski definition) is 1. The van der Waals surface area contributed by atoms with Gasteiger partial charge in [-0.3, -0.25) is 14.7 Å². The van der Waals surface area contributed by atoms with Gasteiger partial charge in [-0.1, -0.05) is 30.7 Å². The van der Waals surface area contributed by atoms with Crippen molar-refractivity contribution in [3.05, 3.63) is 82.2 Å². The Labute approximate surface area is 243 Å². The van der Waals surface area contributed by atoms with E-state index in [0.717, 1.165) is 51.8 Å². The number of amides is 1. The lowest BCUT2D eigenvalue weighted by atomic mass is 10.0. The van der Waals surface area contributed by atoms with E-state index in [4.69, 9.17) is 16.3 Å². The first-order valence-corrected chi connectivity index (χ1v) is 14.7. The molecule has 1 aliphatic rings. The van der Waals surface area contributed by atoms with E-state index in [0.29, 0.717) is 36.5 Å². The number of carbonyl (C=O) groups excluding carboxylic acids is 1. The van der Waals surface area contributed by atoms with Crippen LogP contribution in [0.25, 0.3) is 10.2 Å². The Bertz CT molecular complexity index is 1510. The van der Waals surface area contributed by atoms with Gasteiger partial charge in [0.2, 0.25) is 5.91 Å². The number of anilines is 2. The van der Waals surface area contributed by atoms with E-state index in [1.165, 1.54) is 5.56 Å². The lowest BCUT2D eigenvalue weighted by Crippen LogP contribution is -2.34. The fourth-order valence-corrected chi connectivity index (χ4v) is 6.22. The topological polar surface area (TPSA) is 83.5 Å². The highest BCUT2D eigenvalue weighted by Gasteiger charge is 2.25. The summed E-state index contributed by atoms with van der Waals surface area (Å²) in [5, 5.41) is 4.92. The molecule has 1 N–H and O–H groups in total. The minimum Gasteiger partial charge on any atom is -0.486 e. The second-order valence-electron chi connectivity index (χ2n) is 9.88. The van der Waals surface area contributed by atoms with Crippen molar-refractivity contribution in [2.45, 2.75) is 46.4 Å². The summed E-state index contributed by atoms with van der Waals surface area (Å²) in [6, 6.07) is 11.7. The van der Waals surface area contributed by atoms with Gasteiger partial charge >= 0.3 is 0 Å². The summed E-state index contributed by atoms with van der Waals surface area (Å²) in [6.07, 6.45) is 7.74. The summed E-state index contributed by atoms with van der Waals surface area (Å²) in [4.78, 5) is 32.6. The molecule has 4 heterocycles. The molecule has 0 fully saturated rings. The molecule has 8 nitrogen and oxygen atoms in total. The van der Waals surface area contributed by atoms with E-state index in [9.17, 15) is 4.79 Å². The highest BCUT2D eigenvalue weighted by atomic mass is 35.5. The van der Waals surface area contributed by atoms with Crippen LogP contribution in [0, 0.1) is 0 Å². The second-order valence-corrected chi connectivity index (χ2v) is 11.4. The molecule has 5 rings (SSSR count). The zero-order valence-corrected chi connectivity index (χ0v) is 24.5. The Morgan fingerprint density at radius 1 is 1.25 bits per heavy atom. The minimum absolute atomic E-state index is 0.0485. The van der Waals surface area contributed by atoms with Crippen LogP contribution < -0.4 is 10.1 Å². The zero-order chi connectivity index (χ0) is 28.1. The van der Waals surface area contributed by atoms with Gasteiger partial charge in [0.1, 0.15) is 29.3 Å². The van der Waals surface area contributed by atoms with Gasteiger partial charge in [-0.15, -0.1) is 11.3 Å². The van der Waals surface area contributed by atoms with Gasteiger partial charge in [-0.2, -0.15) is 0 Å². The van der Waals surface area contributed by atoms with E-state index in [1.54, 1.807) is 29.9 Å². The summed E-state index contributed by atoms with van der Waals surface area (Å²) in [5.74, 6) is 1.37. The highest BCUT2D eigenvalue weighted by molar-refractivity contribution is 7.19. The molecule has 0 saturated carbocycles. The highest BCUT2D eigenvalue weighted by Crippen LogP contribution is 2.38. The summed E-state index contributed by atoms with van der Waals surface area (Å²) >= 11 is 8.16. The van der Waals surface area contributed by atoms with Gasteiger partial charge in [0, 0.05) is 42.0 Å². The predicted molar refractivity (Wildman–Crippen MR) is 161 cm³/mol. The quantitative estimate of drug-likeness (QED) is 0.224. The number of hydrogen-bond acceptors (Lipinski definition) is 8. The number of aromatic nitrogens is 3. The number of benzene rings is 1. The first kappa shape index (κ1) is 28.0. The first-order chi connectivity index (χ1) is 19.4. The number of likely N-dealkylation sites (N-methyl/N-ethyl adjacent to an activating group) is 1. The van der Waals surface area contributed by atoms with Crippen molar-refractivity contribution in [1.29, 1.82) is 0 Å². The predicted octanol–water partition coefficient (Wildman–Crippen LogP) is 6.23. The number of carbonyl (C=O) groups is 1. The third kappa shape index (κ3) is 6.43. The van der Waals surface area contributed by atoms with Crippen LogP contribution in [-0.4, -0.2) is 56.3 Å². The Balaban J connectivity index is 1.28. The Hall–Kier alpha value is -3.53. The van der Waals surface area contributed by atoms with E-state index >= 15 is 0 Å². The monoisotopic (exact) mass is 576 g/mol. The average molecular weight is 577 g/mol. The van der Waals surface area contributed by atoms with Crippen molar-refractivity contribution in [3.8, 4) is 5.75 Å². The van der Waals surface area contributed by atoms with Crippen molar-refractivity contribution < 1.29 is 9.53 Å². The first-order valence-electron chi connectivity index (χ1n) is 13.5. The van der Waals surface area contributed by atoms with Crippen LogP contribution >= 0.6 is 22.9 Å². The van der Waals surface area contributed by atoms with Gasteiger partial charge < -0.3 is 15.0 Å². The largest absolute Gasteiger partial charge is 0.486 e. The fraction of sp³-hybridized carbons (Fsp3) is 0.333. The number of ether oxygens (including phenoxy) is 1. The Morgan fingerprint density at radius 2 is 2.12 bits per heavy atom. The smallest absolute Gasteiger partial charge is 0.246 e. The molecule has 3 aromatic heterocycles. The molecule has 4 aromatic rings. The van der Waals surface area contributed by atoms with Crippen molar-refractivity contribution in [3.63, 3.8) is 0 Å². The standard InChI is InChI=1S/C30H33ClN6O2S/c1-4-36(20(2)3)14-7-9-27(38)37-15-12-23-26(17-37)40-30-28(23)29(33-19-34-30)35-21-10-11-25(24(31)16-21)39-18-22-8-5-6-13-32-22/h5-11,13,16,19-20H,4,12,14-15,17-18H2,1-3H3,(H,33,34,35). The van der Waals surface area contributed by atoms with E-state index in [2.05, 4.69) is 45.9 Å². The van der Waals surface area contributed by atoms with Crippen LogP contribution in [0.5, 0.6) is 5.75 Å². The van der Waals surface area contributed by atoms with Gasteiger partial charge in [0.25, 0.3) is 0 Å². The van der Waals surface area contributed by atoms with E-state index in [1.807, 2.05) is 47.4 Å². The molecule has 0 radical (unpaired) electrons.